The van der Waals surface area contributed by atoms with Gasteiger partial charge in [-0.2, -0.15) is 10.1 Å². The topological polar surface area (TPSA) is 88.9 Å². The van der Waals surface area contributed by atoms with Gasteiger partial charge in [0, 0.05) is 23.2 Å². The number of aromatic amines is 1. The molecule has 30 heavy (non-hydrogen) atoms. The highest BCUT2D eigenvalue weighted by molar-refractivity contribution is 9.10. The minimum atomic E-state index is 0.154. The van der Waals surface area contributed by atoms with E-state index in [9.17, 15) is 0 Å². The maximum Gasteiger partial charge on any atom is 0.314 e. The van der Waals surface area contributed by atoms with Crippen molar-refractivity contribution in [3.8, 4) is 27.0 Å². The Balaban J connectivity index is 1.51. The third kappa shape index (κ3) is 4.94. The maximum absolute atomic E-state index is 5.77. The van der Waals surface area contributed by atoms with Gasteiger partial charge in [-0.15, -0.1) is 11.3 Å². The van der Waals surface area contributed by atoms with Crippen LogP contribution in [0.15, 0.2) is 51.7 Å². The summed E-state index contributed by atoms with van der Waals surface area (Å²) >= 11 is 9.92. The van der Waals surface area contributed by atoms with Gasteiger partial charge in [-0.1, -0.05) is 28.1 Å². The molecule has 0 atom stereocenters. The lowest BCUT2D eigenvalue weighted by Gasteiger charge is -2.06. The molecule has 0 saturated heterocycles. The fourth-order valence-corrected chi connectivity index (χ4v) is 4.23. The van der Waals surface area contributed by atoms with Gasteiger partial charge in [0.2, 0.25) is 0 Å². The summed E-state index contributed by atoms with van der Waals surface area (Å²) in [7, 11) is 0. The molecule has 7 nitrogen and oxygen atoms in total. The van der Waals surface area contributed by atoms with Crippen LogP contribution in [0.3, 0.4) is 0 Å². The number of halogens is 1. The first-order valence-corrected chi connectivity index (χ1v) is 11.3. The van der Waals surface area contributed by atoms with Crippen molar-refractivity contribution < 1.29 is 9.26 Å². The van der Waals surface area contributed by atoms with Crippen molar-refractivity contribution in [2.75, 3.05) is 18.5 Å². The largest absolute Gasteiger partial charge is 0.492 e. The fraction of sp³-hybridized carbons (Fsp3) is 0.200. The van der Waals surface area contributed by atoms with E-state index in [0.717, 1.165) is 38.7 Å². The first kappa shape index (κ1) is 20.7. The van der Waals surface area contributed by atoms with Gasteiger partial charge < -0.3 is 14.6 Å². The van der Waals surface area contributed by atoms with Gasteiger partial charge in [-0.05, 0) is 43.3 Å². The number of ether oxygens (including phenoxy) is 1. The minimum Gasteiger partial charge on any atom is -0.492 e. The summed E-state index contributed by atoms with van der Waals surface area (Å²) in [4.78, 5) is 14.9. The average Bonchev–Trinajstić information content (AvgIpc) is 3.36. The Kier molecular flexibility index (Phi) is 6.56. The lowest BCUT2D eigenvalue weighted by Crippen LogP contribution is -2.06. The van der Waals surface area contributed by atoms with E-state index < -0.39 is 0 Å². The Morgan fingerprint density at radius 1 is 1.23 bits per heavy atom. The summed E-state index contributed by atoms with van der Waals surface area (Å²) < 4.78 is 11.9. The Morgan fingerprint density at radius 3 is 2.80 bits per heavy atom. The van der Waals surface area contributed by atoms with Gasteiger partial charge in [-0.3, -0.25) is 0 Å². The molecule has 0 aliphatic carbocycles. The van der Waals surface area contributed by atoms with E-state index in [4.69, 9.17) is 21.5 Å². The smallest absolute Gasteiger partial charge is 0.314 e. The summed E-state index contributed by atoms with van der Waals surface area (Å²) in [5.41, 5.74) is 2.06. The first-order valence-electron chi connectivity index (χ1n) is 9.25. The molecule has 3 aromatic heterocycles. The summed E-state index contributed by atoms with van der Waals surface area (Å²) in [5, 5.41) is 6.10. The summed E-state index contributed by atoms with van der Waals surface area (Å²) in [6.45, 7) is 3.24. The van der Waals surface area contributed by atoms with Crippen LogP contribution in [0.4, 0.5) is 5.82 Å². The van der Waals surface area contributed by atoms with Gasteiger partial charge >= 0.3 is 4.84 Å². The predicted molar refractivity (Wildman–Crippen MR) is 124 cm³/mol. The summed E-state index contributed by atoms with van der Waals surface area (Å²) in [6, 6.07) is 12.2. The van der Waals surface area contributed by atoms with Crippen molar-refractivity contribution in [2.24, 2.45) is 0 Å². The molecule has 4 rings (SSSR count). The normalized spacial score (nSPS) is 10.9. The highest BCUT2D eigenvalue weighted by Gasteiger charge is 2.17. The molecule has 0 aliphatic heterocycles. The van der Waals surface area contributed by atoms with Crippen LogP contribution in [0.2, 0.25) is 0 Å². The molecule has 0 spiro atoms. The SMILES string of the molecule is CCOc1cc(-c2cc(NCCc3ccc(Br)cc3)ncn2)sc1-c1nc(=S)o[nH]1. The Morgan fingerprint density at radius 2 is 2.07 bits per heavy atom. The number of hydrogen-bond acceptors (Lipinski definition) is 8. The fourth-order valence-electron chi connectivity index (χ4n) is 2.83. The van der Waals surface area contributed by atoms with Crippen molar-refractivity contribution in [1.29, 1.82) is 0 Å². The molecule has 10 heteroatoms. The molecule has 0 amide bonds. The number of nitrogens with zero attached hydrogens (tertiary/aromatic N) is 3. The number of benzene rings is 1. The maximum atomic E-state index is 5.77. The van der Waals surface area contributed by atoms with Crippen LogP contribution in [-0.4, -0.2) is 33.3 Å². The van der Waals surface area contributed by atoms with E-state index in [1.165, 1.54) is 16.9 Å². The highest BCUT2D eigenvalue weighted by atomic mass is 79.9. The quantitative estimate of drug-likeness (QED) is 0.296. The second kappa shape index (κ2) is 9.50. The number of H-pyrrole nitrogens is 1. The van der Waals surface area contributed by atoms with Crippen molar-refractivity contribution in [3.05, 3.63) is 57.6 Å². The van der Waals surface area contributed by atoms with Crippen LogP contribution in [0, 0.1) is 4.84 Å². The summed E-state index contributed by atoms with van der Waals surface area (Å²) in [6.07, 6.45) is 2.45. The molecule has 1 aromatic carbocycles. The van der Waals surface area contributed by atoms with E-state index in [2.05, 4.69) is 53.5 Å². The zero-order chi connectivity index (χ0) is 20.9. The van der Waals surface area contributed by atoms with Crippen molar-refractivity contribution in [1.82, 2.24) is 20.1 Å². The van der Waals surface area contributed by atoms with Gasteiger partial charge in [0.05, 0.1) is 17.2 Å². The van der Waals surface area contributed by atoms with Crippen LogP contribution < -0.4 is 10.1 Å². The molecule has 154 valence electrons. The standard InChI is InChI=1S/C20H18BrN5O2S2/c1-2-27-15-10-16(30-18(15)19-25-20(29)28-26-19)14-9-17(24-11-23-14)22-8-7-12-3-5-13(21)6-4-12/h3-6,9-11H,2,7-8H2,1H3,(H,22,23,24)(H,25,26,29). The van der Waals surface area contributed by atoms with Gasteiger partial charge in [0.1, 0.15) is 22.8 Å². The number of aromatic nitrogens is 4. The number of rotatable bonds is 8. The molecule has 0 saturated carbocycles. The zero-order valence-corrected chi connectivity index (χ0v) is 19.2. The van der Waals surface area contributed by atoms with Crippen molar-refractivity contribution in [3.63, 3.8) is 0 Å². The van der Waals surface area contributed by atoms with Crippen LogP contribution in [0.25, 0.3) is 21.3 Å². The number of anilines is 1. The Labute approximate surface area is 190 Å². The van der Waals surface area contributed by atoms with Crippen LogP contribution >= 0.6 is 39.5 Å². The first-order chi connectivity index (χ1) is 14.6. The third-order valence-corrected chi connectivity index (χ3v) is 6.05. The van der Waals surface area contributed by atoms with Crippen LogP contribution in [-0.2, 0) is 6.42 Å². The van der Waals surface area contributed by atoms with E-state index in [1.54, 1.807) is 6.33 Å². The molecular formula is C20H18BrN5O2S2. The molecule has 2 N–H and O–H groups in total. The molecule has 3 heterocycles. The van der Waals surface area contributed by atoms with E-state index in [1.807, 2.05) is 31.2 Å². The van der Waals surface area contributed by atoms with Gasteiger partial charge in [-0.25, -0.2) is 9.97 Å². The van der Waals surface area contributed by atoms with Crippen molar-refractivity contribution in [2.45, 2.75) is 13.3 Å². The lowest BCUT2D eigenvalue weighted by atomic mass is 10.1. The Hall–Kier alpha value is -2.56. The van der Waals surface area contributed by atoms with E-state index in [-0.39, 0.29) is 4.84 Å². The number of thiophene rings is 1. The molecule has 4 aromatic rings. The third-order valence-electron chi connectivity index (χ3n) is 4.20. The van der Waals surface area contributed by atoms with Gasteiger partial charge in [0.25, 0.3) is 0 Å². The minimum absolute atomic E-state index is 0.154. The van der Waals surface area contributed by atoms with Crippen LogP contribution in [0.1, 0.15) is 12.5 Å². The second-order valence-corrected chi connectivity index (χ2v) is 8.58. The van der Waals surface area contributed by atoms with Gasteiger partial charge in [0.15, 0.2) is 5.82 Å². The predicted octanol–water partition coefficient (Wildman–Crippen LogP) is 5.73. The van der Waals surface area contributed by atoms with E-state index >= 15 is 0 Å². The van der Waals surface area contributed by atoms with Crippen molar-refractivity contribution >= 4 is 45.3 Å². The molecular weight excluding hydrogens is 486 g/mol. The number of nitrogens with one attached hydrogen (secondary N) is 2. The van der Waals surface area contributed by atoms with E-state index in [0.29, 0.717) is 18.2 Å². The summed E-state index contributed by atoms with van der Waals surface area (Å²) in [5.74, 6) is 2.02. The average molecular weight is 504 g/mol. The zero-order valence-electron chi connectivity index (χ0n) is 16.0. The lowest BCUT2D eigenvalue weighted by molar-refractivity contribution is 0.342. The molecule has 0 aliphatic rings. The Bertz CT molecular complexity index is 1190. The van der Waals surface area contributed by atoms with Crippen LogP contribution in [0.5, 0.6) is 5.75 Å². The molecule has 0 bridgehead atoms. The molecule has 0 unspecified atom stereocenters. The second-order valence-electron chi connectivity index (χ2n) is 6.26. The molecule has 0 fully saturated rings. The molecule has 0 radical (unpaired) electrons. The highest BCUT2D eigenvalue weighted by Crippen LogP contribution is 2.41. The monoisotopic (exact) mass is 503 g/mol. The number of hydrogen-bond donors (Lipinski definition) is 2.